The second kappa shape index (κ2) is 9.25. The van der Waals surface area contributed by atoms with Crippen LogP contribution in [0.15, 0.2) is 24.3 Å². The molecule has 5 nitrogen and oxygen atoms in total. The van der Waals surface area contributed by atoms with Crippen LogP contribution in [0.5, 0.6) is 5.75 Å². The van der Waals surface area contributed by atoms with E-state index in [-0.39, 0.29) is 11.8 Å². The number of methoxy groups -OCH3 is 1. The molecule has 2 heterocycles. The van der Waals surface area contributed by atoms with Crippen LogP contribution in [0.25, 0.3) is 0 Å². The fourth-order valence-electron chi connectivity index (χ4n) is 4.40. The number of aryl methyl sites for hydroxylation is 1. The van der Waals surface area contributed by atoms with Gasteiger partial charge in [-0.3, -0.25) is 9.59 Å². The van der Waals surface area contributed by atoms with Gasteiger partial charge in [-0.25, -0.2) is 0 Å². The maximum Gasteiger partial charge on any atom is 0.225 e. The van der Waals surface area contributed by atoms with Gasteiger partial charge in [0.1, 0.15) is 5.75 Å². The molecular weight excluding hydrogens is 340 g/mol. The number of carbonyl (C=O) groups is 2. The number of benzene rings is 1. The maximum absolute atomic E-state index is 12.9. The number of piperidine rings is 2. The first-order chi connectivity index (χ1) is 13.1. The van der Waals surface area contributed by atoms with Crippen molar-refractivity contribution in [2.24, 2.45) is 11.8 Å². The topological polar surface area (TPSA) is 49.9 Å². The molecule has 0 aromatic heterocycles. The van der Waals surface area contributed by atoms with E-state index in [1.165, 1.54) is 12.0 Å². The third kappa shape index (κ3) is 5.24. The van der Waals surface area contributed by atoms with E-state index in [2.05, 4.69) is 17.0 Å². The summed E-state index contributed by atoms with van der Waals surface area (Å²) in [5, 5.41) is 0. The van der Waals surface area contributed by atoms with Gasteiger partial charge in [0, 0.05) is 39.0 Å². The molecule has 2 aliphatic rings. The Morgan fingerprint density at radius 1 is 1.11 bits per heavy atom. The minimum atomic E-state index is 0.0951. The third-order valence-corrected chi connectivity index (χ3v) is 6.10. The summed E-state index contributed by atoms with van der Waals surface area (Å²) in [6, 6.07) is 8.27. The fourth-order valence-corrected chi connectivity index (χ4v) is 4.40. The summed E-state index contributed by atoms with van der Waals surface area (Å²) in [4.78, 5) is 28.4. The molecule has 0 aliphatic carbocycles. The molecule has 2 fully saturated rings. The largest absolute Gasteiger partial charge is 0.497 e. The van der Waals surface area contributed by atoms with Crippen LogP contribution in [0.1, 0.15) is 44.6 Å². The number of carbonyl (C=O) groups excluding carboxylic acids is 2. The van der Waals surface area contributed by atoms with Gasteiger partial charge >= 0.3 is 0 Å². The summed E-state index contributed by atoms with van der Waals surface area (Å²) in [6.07, 6.45) is 6.06. The lowest BCUT2D eigenvalue weighted by molar-refractivity contribution is -0.141. The predicted molar refractivity (Wildman–Crippen MR) is 106 cm³/mol. The maximum atomic E-state index is 12.9. The first-order valence-corrected chi connectivity index (χ1v) is 10.2. The molecule has 0 bridgehead atoms. The number of nitrogens with zero attached hydrogens (tertiary/aromatic N) is 2. The van der Waals surface area contributed by atoms with Gasteiger partial charge in [0.15, 0.2) is 0 Å². The predicted octanol–water partition coefficient (Wildman–Crippen LogP) is 3.12. The molecule has 27 heavy (non-hydrogen) atoms. The van der Waals surface area contributed by atoms with Crippen LogP contribution in [0.2, 0.25) is 0 Å². The van der Waals surface area contributed by atoms with Gasteiger partial charge in [-0.15, -0.1) is 0 Å². The Bertz CT molecular complexity index is 653. The minimum absolute atomic E-state index is 0.0951. The number of hydrogen-bond donors (Lipinski definition) is 0. The van der Waals surface area contributed by atoms with E-state index in [4.69, 9.17) is 4.74 Å². The van der Waals surface area contributed by atoms with Crippen molar-refractivity contribution in [3.63, 3.8) is 0 Å². The standard InChI is InChI=1S/C22H32N2O3/c1-17(25)23-13-10-20(11-14-23)22(26)24-12-4-6-19(16-24)9-8-18-5-3-7-21(15-18)27-2/h3,5,7,15,19-20H,4,6,8-14,16H2,1-2H3/t19-/m1/s1. The second-order valence-electron chi connectivity index (χ2n) is 7.96. The average Bonchev–Trinajstić information content (AvgIpc) is 2.72. The fraction of sp³-hybridized carbons (Fsp3) is 0.636. The van der Waals surface area contributed by atoms with Crippen LogP contribution < -0.4 is 4.74 Å². The van der Waals surface area contributed by atoms with E-state index >= 15 is 0 Å². The van der Waals surface area contributed by atoms with E-state index in [9.17, 15) is 9.59 Å². The highest BCUT2D eigenvalue weighted by Gasteiger charge is 2.31. The van der Waals surface area contributed by atoms with Gasteiger partial charge in [-0.05, 0) is 62.1 Å². The Hall–Kier alpha value is -2.04. The summed E-state index contributed by atoms with van der Waals surface area (Å²) in [5.41, 5.74) is 1.30. The highest BCUT2D eigenvalue weighted by molar-refractivity contribution is 5.79. The molecule has 0 saturated carbocycles. The van der Waals surface area contributed by atoms with Crippen molar-refractivity contribution in [3.8, 4) is 5.75 Å². The van der Waals surface area contributed by atoms with Crippen LogP contribution in [0.4, 0.5) is 0 Å². The first kappa shape index (κ1) is 19.7. The lowest BCUT2D eigenvalue weighted by Crippen LogP contribution is -2.47. The third-order valence-electron chi connectivity index (χ3n) is 6.10. The van der Waals surface area contributed by atoms with E-state index in [0.717, 1.165) is 64.0 Å². The Kier molecular flexibility index (Phi) is 6.75. The van der Waals surface area contributed by atoms with Gasteiger partial charge in [-0.2, -0.15) is 0 Å². The molecule has 148 valence electrons. The Morgan fingerprint density at radius 2 is 1.89 bits per heavy atom. The summed E-state index contributed by atoms with van der Waals surface area (Å²) < 4.78 is 5.31. The highest BCUT2D eigenvalue weighted by atomic mass is 16.5. The van der Waals surface area contributed by atoms with Gasteiger partial charge in [0.25, 0.3) is 0 Å². The van der Waals surface area contributed by atoms with Crippen LogP contribution in [-0.4, -0.2) is 54.9 Å². The molecule has 0 spiro atoms. The van der Waals surface area contributed by atoms with Crippen LogP contribution in [0, 0.1) is 11.8 Å². The SMILES string of the molecule is COc1cccc(CC[C@H]2CCCN(C(=O)C3CCN(C(C)=O)CC3)C2)c1. The molecule has 1 aromatic rings. The molecule has 0 N–H and O–H groups in total. The molecule has 2 saturated heterocycles. The van der Waals surface area contributed by atoms with Crippen molar-refractivity contribution in [2.75, 3.05) is 33.3 Å². The normalized spacial score (nSPS) is 21.2. The number of ether oxygens (including phenoxy) is 1. The summed E-state index contributed by atoms with van der Waals surface area (Å²) in [6.45, 7) is 4.83. The quantitative estimate of drug-likeness (QED) is 0.798. The molecule has 0 radical (unpaired) electrons. The molecular formula is C22H32N2O3. The Balaban J connectivity index is 1.48. The summed E-state index contributed by atoms with van der Waals surface area (Å²) in [5.74, 6) is 2.01. The number of rotatable bonds is 5. The zero-order valence-corrected chi connectivity index (χ0v) is 16.7. The zero-order valence-electron chi connectivity index (χ0n) is 16.7. The number of amides is 2. The van der Waals surface area contributed by atoms with Crippen LogP contribution >= 0.6 is 0 Å². The average molecular weight is 373 g/mol. The first-order valence-electron chi connectivity index (χ1n) is 10.2. The van der Waals surface area contributed by atoms with Gasteiger partial charge < -0.3 is 14.5 Å². The zero-order chi connectivity index (χ0) is 19.2. The number of likely N-dealkylation sites (tertiary alicyclic amines) is 2. The van der Waals surface area contributed by atoms with Gasteiger partial charge in [-0.1, -0.05) is 12.1 Å². The highest BCUT2D eigenvalue weighted by Crippen LogP contribution is 2.26. The molecule has 2 amide bonds. The lowest BCUT2D eigenvalue weighted by atomic mass is 9.89. The lowest BCUT2D eigenvalue weighted by Gasteiger charge is -2.37. The van der Waals surface area contributed by atoms with Crippen LogP contribution in [0.3, 0.4) is 0 Å². The Morgan fingerprint density at radius 3 is 2.59 bits per heavy atom. The van der Waals surface area contributed by atoms with Gasteiger partial charge in [0.2, 0.25) is 11.8 Å². The van der Waals surface area contributed by atoms with Crippen molar-refractivity contribution in [3.05, 3.63) is 29.8 Å². The summed E-state index contributed by atoms with van der Waals surface area (Å²) in [7, 11) is 1.70. The van der Waals surface area contributed by atoms with Crippen molar-refractivity contribution >= 4 is 11.8 Å². The smallest absolute Gasteiger partial charge is 0.225 e. The van der Waals surface area contributed by atoms with Crippen molar-refractivity contribution in [1.82, 2.24) is 9.80 Å². The van der Waals surface area contributed by atoms with E-state index in [1.54, 1.807) is 14.0 Å². The molecule has 0 unspecified atom stereocenters. The molecule has 3 rings (SSSR count). The summed E-state index contributed by atoms with van der Waals surface area (Å²) >= 11 is 0. The number of hydrogen-bond acceptors (Lipinski definition) is 3. The molecule has 2 aliphatic heterocycles. The monoisotopic (exact) mass is 372 g/mol. The van der Waals surface area contributed by atoms with E-state index in [1.807, 2.05) is 17.0 Å². The van der Waals surface area contributed by atoms with E-state index in [0.29, 0.717) is 11.8 Å². The molecule has 1 aromatic carbocycles. The van der Waals surface area contributed by atoms with Gasteiger partial charge in [0.05, 0.1) is 7.11 Å². The van der Waals surface area contributed by atoms with Crippen molar-refractivity contribution < 1.29 is 14.3 Å². The second-order valence-corrected chi connectivity index (χ2v) is 7.96. The van der Waals surface area contributed by atoms with E-state index < -0.39 is 0 Å². The van der Waals surface area contributed by atoms with Crippen molar-refractivity contribution in [2.45, 2.75) is 45.4 Å². The Labute approximate surface area is 162 Å². The van der Waals surface area contributed by atoms with Crippen LogP contribution in [-0.2, 0) is 16.0 Å². The van der Waals surface area contributed by atoms with Crippen molar-refractivity contribution in [1.29, 1.82) is 0 Å². The minimum Gasteiger partial charge on any atom is -0.497 e. The molecule has 1 atom stereocenters. The molecule has 5 heteroatoms.